The molecule has 25 heavy (non-hydrogen) atoms. The molecule has 0 aliphatic heterocycles. The van der Waals surface area contributed by atoms with Gasteiger partial charge in [-0.1, -0.05) is 0 Å². The lowest BCUT2D eigenvalue weighted by Crippen LogP contribution is -2.30. The Kier molecular flexibility index (Phi) is 4.38. The first-order chi connectivity index (χ1) is 12.0. The number of nitrogens with zero attached hydrogens (tertiary/aromatic N) is 3. The average molecular weight is 343 g/mol. The van der Waals surface area contributed by atoms with Gasteiger partial charge in [0.15, 0.2) is 11.5 Å². The van der Waals surface area contributed by atoms with Gasteiger partial charge >= 0.3 is 0 Å². The fourth-order valence-corrected chi connectivity index (χ4v) is 2.49. The molecular weight excluding hydrogens is 326 g/mol. The molecule has 0 bridgehead atoms. The van der Waals surface area contributed by atoms with Gasteiger partial charge in [0.25, 0.3) is 5.56 Å². The molecule has 0 fully saturated rings. The highest BCUT2D eigenvalue weighted by atomic mass is 16.5. The van der Waals surface area contributed by atoms with Crippen LogP contribution in [0.5, 0.6) is 11.5 Å². The number of fused-ring (bicyclic) bond motifs is 1. The van der Waals surface area contributed by atoms with Gasteiger partial charge in [0.1, 0.15) is 12.4 Å². The first-order valence-electron chi connectivity index (χ1n) is 7.46. The number of ether oxygens (including phenoxy) is 2. The van der Waals surface area contributed by atoms with Crippen molar-refractivity contribution in [3.8, 4) is 11.5 Å². The molecule has 0 saturated heterocycles. The van der Waals surface area contributed by atoms with E-state index in [9.17, 15) is 9.59 Å². The largest absolute Gasteiger partial charge is 0.493 e. The van der Waals surface area contributed by atoms with Gasteiger partial charge in [-0.2, -0.15) is 0 Å². The Hall–Kier alpha value is -3.36. The number of benzene rings is 1. The number of imidazole rings is 1. The Bertz CT molecular complexity index is 978. The molecule has 130 valence electrons. The number of methoxy groups -OCH3 is 2. The highest BCUT2D eigenvalue weighted by Crippen LogP contribution is 2.30. The van der Waals surface area contributed by atoms with Crippen LogP contribution in [-0.2, 0) is 11.3 Å². The van der Waals surface area contributed by atoms with Crippen LogP contribution in [0.1, 0.15) is 5.82 Å². The lowest BCUT2D eigenvalue weighted by Gasteiger charge is -2.12. The molecule has 3 rings (SSSR count). The Morgan fingerprint density at radius 2 is 2.00 bits per heavy atom. The molecule has 2 aromatic heterocycles. The molecule has 1 aromatic carbocycles. The molecule has 2 N–H and O–H groups in total. The van der Waals surface area contributed by atoms with E-state index in [0.717, 1.165) is 0 Å². The third kappa shape index (κ3) is 3.16. The first kappa shape index (κ1) is 16.5. The van der Waals surface area contributed by atoms with E-state index < -0.39 is 0 Å². The maximum Gasteiger partial charge on any atom is 0.262 e. The van der Waals surface area contributed by atoms with Crippen molar-refractivity contribution in [2.45, 2.75) is 13.5 Å². The standard InChI is InChI=1S/C16H17N5O4/c1-9-19-11-7-13(25-3)12(24-2)6-10(11)15(23)21(9)8-14(22)20-16-17-4-5-18-16/h4-7H,8H2,1-3H3,(H2,17,18,20,22). The van der Waals surface area contributed by atoms with E-state index in [2.05, 4.69) is 20.3 Å². The topological polar surface area (TPSA) is 111 Å². The average Bonchev–Trinajstić information content (AvgIpc) is 3.10. The van der Waals surface area contributed by atoms with Crippen LogP contribution in [-0.4, -0.2) is 39.6 Å². The molecule has 9 heteroatoms. The number of amides is 1. The van der Waals surface area contributed by atoms with E-state index >= 15 is 0 Å². The zero-order chi connectivity index (χ0) is 18.0. The van der Waals surface area contributed by atoms with E-state index in [1.54, 1.807) is 25.3 Å². The second kappa shape index (κ2) is 6.63. The molecule has 0 spiro atoms. The second-order valence-corrected chi connectivity index (χ2v) is 5.26. The molecular formula is C16H17N5O4. The number of carbonyl (C=O) groups is 1. The minimum Gasteiger partial charge on any atom is -0.493 e. The van der Waals surface area contributed by atoms with E-state index in [-0.39, 0.29) is 18.0 Å². The summed E-state index contributed by atoms with van der Waals surface area (Å²) in [5.41, 5.74) is 0.140. The fourth-order valence-electron chi connectivity index (χ4n) is 2.49. The van der Waals surface area contributed by atoms with Crippen molar-refractivity contribution < 1.29 is 14.3 Å². The van der Waals surface area contributed by atoms with Crippen LogP contribution in [0, 0.1) is 6.92 Å². The number of aromatic amines is 1. The summed E-state index contributed by atoms with van der Waals surface area (Å²) in [6.07, 6.45) is 3.11. The van der Waals surface area contributed by atoms with Crippen molar-refractivity contribution in [3.05, 3.63) is 40.7 Å². The molecule has 1 amide bonds. The maximum absolute atomic E-state index is 12.8. The summed E-state index contributed by atoms with van der Waals surface area (Å²) in [7, 11) is 3.00. The summed E-state index contributed by atoms with van der Waals surface area (Å²) in [6, 6.07) is 3.19. The number of nitrogens with one attached hydrogen (secondary N) is 2. The van der Waals surface area contributed by atoms with Gasteiger partial charge in [-0.05, 0) is 13.0 Å². The van der Waals surface area contributed by atoms with Crippen LogP contribution in [0.15, 0.2) is 29.3 Å². The second-order valence-electron chi connectivity index (χ2n) is 5.26. The molecule has 0 saturated carbocycles. The number of aryl methyl sites for hydroxylation is 1. The fraction of sp³-hybridized carbons (Fsp3) is 0.250. The van der Waals surface area contributed by atoms with Gasteiger partial charge in [-0.25, -0.2) is 9.97 Å². The van der Waals surface area contributed by atoms with Crippen molar-refractivity contribution in [1.82, 2.24) is 19.5 Å². The van der Waals surface area contributed by atoms with Crippen LogP contribution in [0.2, 0.25) is 0 Å². The lowest BCUT2D eigenvalue weighted by molar-refractivity contribution is -0.116. The van der Waals surface area contributed by atoms with Crippen LogP contribution >= 0.6 is 0 Å². The third-order valence-electron chi connectivity index (χ3n) is 3.71. The zero-order valence-electron chi connectivity index (χ0n) is 14.0. The van der Waals surface area contributed by atoms with Crippen LogP contribution in [0.25, 0.3) is 10.9 Å². The minimum absolute atomic E-state index is 0.178. The summed E-state index contributed by atoms with van der Waals surface area (Å²) in [4.78, 5) is 36.0. The number of aromatic nitrogens is 4. The Morgan fingerprint density at radius 1 is 1.28 bits per heavy atom. The van der Waals surface area contributed by atoms with Crippen molar-refractivity contribution in [3.63, 3.8) is 0 Å². The summed E-state index contributed by atoms with van der Waals surface area (Å²) < 4.78 is 11.8. The molecule has 9 nitrogen and oxygen atoms in total. The van der Waals surface area contributed by atoms with Gasteiger partial charge < -0.3 is 14.5 Å². The van der Waals surface area contributed by atoms with E-state index in [4.69, 9.17) is 9.47 Å². The molecule has 0 aliphatic carbocycles. The summed E-state index contributed by atoms with van der Waals surface area (Å²) in [6.45, 7) is 1.49. The summed E-state index contributed by atoms with van der Waals surface area (Å²) >= 11 is 0. The number of anilines is 1. The van der Waals surface area contributed by atoms with E-state index in [0.29, 0.717) is 34.2 Å². The van der Waals surface area contributed by atoms with Crippen LogP contribution in [0.4, 0.5) is 5.95 Å². The van der Waals surface area contributed by atoms with Crippen LogP contribution in [0.3, 0.4) is 0 Å². The number of carbonyl (C=O) groups excluding carboxylic acids is 1. The molecule has 0 unspecified atom stereocenters. The predicted molar refractivity (Wildman–Crippen MR) is 91.1 cm³/mol. The van der Waals surface area contributed by atoms with Gasteiger partial charge in [0, 0.05) is 18.5 Å². The number of hydrogen-bond acceptors (Lipinski definition) is 6. The Balaban J connectivity index is 2.01. The van der Waals surface area contributed by atoms with Crippen molar-refractivity contribution in [1.29, 1.82) is 0 Å². The molecule has 0 aliphatic rings. The van der Waals surface area contributed by atoms with Crippen molar-refractivity contribution in [2.75, 3.05) is 19.5 Å². The predicted octanol–water partition coefficient (Wildman–Crippen LogP) is 1.08. The highest BCUT2D eigenvalue weighted by Gasteiger charge is 2.15. The van der Waals surface area contributed by atoms with Crippen LogP contribution < -0.4 is 20.3 Å². The minimum atomic E-state index is -0.387. The van der Waals surface area contributed by atoms with Gasteiger partial charge in [-0.15, -0.1) is 0 Å². The SMILES string of the molecule is COc1cc2nc(C)n(CC(=O)Nc3ncc[nH]3)c(=O)c2cc1OC. The summed E-state index contributed by atoms with van der Waals surface area (Å²) in [5, 5.41) is 2.92. The van der Waals surface area contributed by atoms with E-state index in [1.807, 2.05) is 0 Å². The smallest absolute Gasteiger partial charge is 0.262 e. The van der Waals surface area contributed by atoms with Gasteiger partial charge in [0.2, 0.25) is 11.9 Å². The third-order valence-corrected chi connectivity index (χ3v) is 3.71. The van der Waals surface area contributed by atoms with Crippen molar-refractivity contribution in [2.24, 2.45) is 0 Å². The molecule has 0 radical (unpaired) electrons. The van der Waals surface area contributed by atoms with Gasteiger partial charge in [-0.3, -0.25) is 19.5 Å². The lowest BCUT2D eigenvalue weighted by atomic mass is 10.2. The maximum atomic E-state index is 12.8. The molecule has 0 atom stereocenters. The van der Waals surface area contributed by atoms with Crippen molar-refractivity contribution >= 4 is 22.8 Å². The highest BCUT2D eigenvalue weighted by molar-refractivity contribution is 5.89. The summed E-state index contributed by atoms with van der Waals surface area (Å²) in [5.74, 6) is 1.25. The quantitative estimate of drug-likeness (QED) is 0.717. The number of H-pyrrole nitrogens is 1. The normalized spacial score (nSPS) is 10.7. The zero-order valence-corrected chi connectivity index (χ0v) is 14.0. The Labute approximate surface area is 142 Å². The molecule has 3 aromatic rings. The van der Waals surface area contributed by atoms with Gasteiger partial charge in [0.05, 0.1) is 25.1 Å². The number of rotatable bonds is 5. The molecule has 2 heterocycles. The monoisotopic (exact) mass is 343 g/mol. The number of hydrogen-bond donors (Lipinski definition) is 2. The first-order valence-corrected chi connectivity index (χ1v) is 7.46. The Morgan fingerprint density at radius 3 is 2.64 bits per heavy atom. The van der Waals surface area contributed by atoms with E-state index in [1.165, 1.54) is 25.0 Å².